The Morgan fingerprint density at radius 3 is 2.33 bits per heavy atom. The van der Waals surface area contributed by atoms with E-state index in [1.807, 2.05) is 13.0 Å². The summed E-state index contributed by atoms with van der Waals surface area (Å²) >= 11 is -2.36. The van der Waals surface area contributed by atoms with E-state index in [1.165, 1.54) is 6.07 Å². The SMILES string of the molecule is Cc1cccc(OCC(F)(F)F)c1C.NS(=O)[O-]. The molecule has 2 N–H and O–H groups in total. The fourth-order valence-corrected chi connectivity index (χ4v) is 1.04. The zero-order chi connectivity index (χ0) is 14.3. The molecule has 8 heteroatoms. The molecular weight excluding hydrogens is 271 g/mol. The van der Waals surface area contributed by atoms with Gasteiger partial charge in [-0.05, 0) is 31.0 Å². The van der Waals surface area contributed by atoms with Crippen molar-refractivity contribution < 1.29 is 26.7 Å². The van der Waals surface area contributed by atoms with Gasteiger partial charge in [-0.15, -0.1) is 0 Å². The molecule has 1 rings (SSSR count). The van der Waals surface area contributed by atoms with Crippen LogP contribution >= 0.6 is 0 Å². The fourth-order valence-electron chi connectivity index (χ4n) is 1.04. The smallest absolute Gasteiger partial charge is 0.422 e. The average Bonchev–Trinajstić information content (AvgIpc) is 2.18. The third-order valence-corrected chi connectivity index (χ3v) is 1.95. The highest BCUT2D eigenvalue weighted by Gasteiger charge is 2.28. The van der Waals surface area contributed by atoms with Crippen molar-refractivity contribution in [3.05, 3.63) is 29.3 Å². The van der Waals surface area contributed by atoms with Crippen molar-refractivity contribution in [2.75, 3.05) is 6.61 Å². The Hall–Kier alpha value is -1.12. The first-order chi connectivity index (χ1) is 8.13. The number of halogens is 3. The molecule has 0 saturated carbocycles. The molecule has 1 unspecified atom stereocenters. The second kappa shape index (κ2) is 7.34. The monoisotopic (exact) mass is 284 g/mol. The van der Waals surface area contributed by atoms with Gasteiger partial charge in [-0.1, -0.05) is 12.1 Å². The van der Waals surface area contributed by atoms with E-state index in [9.17, 15) is 13.2 Å². The van der Waals surface area contributed by atoms with Gasteiger partial charge in [-0.2, -0.15) is 13.2 Å². The normalized spacial score (nSPS) is 12.4. The molecule has 18 heavy (non-hydrogen) atoms. The maximum Gasteiger partial charge on any atom is 0.422 e. The van der Waals surface area contributed by atoms with E-state index in [2.05, 4.69) is 9.88 Å². The van der Waals surface area contributed by atoms with E-state index in [0.29, 0.717) is 5.75 Å². The first-order valence-electron chi connectivity index (χ1n) is 4.73. The summed E-state index contributed by atoms with van der Waals surface area (Å²) in [4.78, 5) is 0. The Morgan fingerprint density at radius 1 is 1.39 bits per heavy atom. The lowest BCUT2D eigenvalue weighted by Crippen LogP contribution is -2.19. The summed E-state index contributed by atoms with van der Waals surface area (Å²) < 4.78 is 57.8. The van der Waals surface area contributed by atoms with Crippen LogP contribution in [0.1, 0.15) is 11.1 Å². The van der Waals surface area contributed by atoms with E-state index in [-0.39, 0.29) is 0 Å². The summed E-state index contributed by atoms with van der Waals surface area (Å²) in [7, 11) is 0. The number of aryl methyl sites for hydroxylation is 1. The van der Waals surface area contributed by atoms with Gasteiger partial charge in [0.2, 0.25) is 0 Å². The lowest BCUT2D eigenvalue weighted by molar-refractivity contribution is -0.153. The van der Waals surface area contributed by atoms with Gasteiger partial charge in [-0.3, -0.25) is 9.35 Å². The van der Waals surface area contributed by atoms with Gasteiger partial charge < -0.3 is 9.29 Å². The first kappa shape index (κ1) is 16.9. The predicted molar refractivity (Wildman–Crippen MR) is 60.6 cm³/mol. The van der Waals surface area contributed by atoms with Crippen LogP contribution in [0, 0.1) is 13.8 Å². The van der Waals surface area contributed by atoms with Gasteiger partial charge in [0.05, 0.1) is 0 Å². The topological polar surface area (TPSA) is 75.4 Å². The van der Waals surface area contributed by atoms with Crippen LogP contribution in [0.25, 0.3) is 0 Å². The highest BCUT2D eigenvalue weighted by molar-refractivity contribution is 7.76. The number of hydrogen-bond donors (Lipinski definition) is 1. The molecule has 0 amide bonds. The quantitative estimate of drug-likeness (QED) is 0.844. The van der Waals surface area contributed by atoms with Crippen LogP contribution in [-0.4, -0.2) is 21.5 Å². The maximum atomic E-state index is 11.8. The van der Waals surface area contributed by atoms with E-state index in [0.717, 1.165) is 11.1 Å². The molecule has 1 aromatic rings. The Labute approximate surface area is 105 Å². The second-order valence-electron chi connectivity index (χ2n) is 3.36. The third-order valence-electron chi connectivity index (χ3n) is 1.95. The van der Waals surface area contributed by atoms with Gasteiger partial charge >= 0.3 is 6.18 Å². The molecule has 1 aromatic carbocycles. The largest absolute Gasteiger partial charge is 0.760 e. The maximum absolute atomic E-state index is 11.8. The van der Waals surface area contributed by atoms with Crippen molar-refractivity contribution in [2.24, 2.45) is 5.14 Å². The Bertz CT molecular complexity index is 406. The number of hydrogen-bond acceptors (Lipinski definition) is 3. The summed E-state index contributed by atoms with van der Waals surface area (Å²) in [5.41, 5.74) is 1.67. The van der Waals surface area contributed by atoms with Crippen LogP contribution in [0.4, 0.5) is 13.2 Å². The van der Waals surface area contributed by atoms with E-state index >= 15 is 0 Å². The predicted octanol–water partition coefficient (Wildman–Crippen LogP) is 1.98. The van der Waals surface area contributed by atoms with Crippen molar-refractivity contribution in [3.8, 4) is 5.75 Å². The molecule has 0 aliphatic heterocycles. The van der Waals surface area contributed by atoms with Gasteiger partial charge in [0, 0.05) is 11.3 Å². The fraction of sp³-hybridized carbons (Fsp3) is 0.400. The minimum atomic E-state index is -4.28. The summed E-state index contributed by atoms with van der Waals surface area (Å²) in [6.07, 6.45) is -4.28. The highest BCUT2D eigenvalue weighted by atomic mass is 32.2. The van der Waals surface area contributed by atoms with Crippen molar-refractivity contribution in [3.63, 3.8) is 0 Å². The molecule has 0 saturated heterocycles. The Morgan fingerprint density at radius 2 is 1.89 bits per heavy atom. The summed E-state index contributed by atoms with van der Waals surface area (Å²) in [6, 6.07) is 5.04. The number of nitrogens with two attached hydrogens (primary N) is 1. The Balaban J connectivity index is 0.000000631. The van der Waals surface area contributed by atoms with Gasteiger partial charge in [0.25, 0.3) is 0 Å². The van der Waals surface area contributed by atoms with Crippen LogP contribution in [-0.2, 0) is 11.3 Å². The van der Waals surface area contributed by atoms with Crippen LogP contribution in [0.5, 0.6) is 5.75 Å². The molecule has 4 nitrogen and oxygen atoms in total. The molecule has 0 bridgehead atoms. The zero-order valence-electron chi connectivity index (χ0n) is 9.78. The second-order valence-corrected chi connectivity index (χ2v) is 3.88. The standard InChI is InChI=1S/C10H11F3O.H3NO2S/c1-7-4-3-5-9(8(7)2)14-6-10(11,12)13;1-4(2)3/h3-5H,6H2,1-2H3;1H2,(H,2,3)/p-1. The van der Waals surface area contributed by atoms with Crippen LogP contribution < -0.4 is 9.88 Å². The van der Waals surface area contributed by atoms with Crippen LogP contribution in [0.3, 0.4) is 0 Å². The Kier molecular flexibility index (Phi) is 6.89. The van der Waals surface area contributed by atoms with E-state index < -0.39 is 24.0 Å². The molecule has 0 radical (unpaired) electrons. The average molecular weight is 284 g/mol. The summed E-state index contributed by atoms with van der Waals surface area (Å²) in [5.74, 6) is 0.294. The van der Waals surface area contributed by atoms with Crippen molar-refractivity contribution in [1.29, 1.82) is 0 Å². The number of alkyl halides is 3. The third kappa shape index (κ3) is 8.04. The molecule has 0 aliphatic carbocycles. The number of ether oxygens (including phenoxy) is 1. The van der Waals surface area contributed by atoms with Crippen LogP contribution in [0.2, 0.25) is 0 Å². The van der Waals surface area contributed by atoms with Gasteiger partial charge in [0.15, 0.2) is 6.61 Å². The summed E-state index contributed by atoms with van der Waals surface area (Å²) in [6.45, 7) is 2.33. The van der Waals surface area contributed by atoms with Gasteiger partial charge in [0.1, 0.15) is 5.75 Å². The molecule has 104 valence electrons. The molecule has 1 atom stereocenters. The molecule has 0 aromatic heterocycles. The minimum Gasteiger partial charge on any atom is -0.760 e. The zero-order valence-corrected chi connectivity index (χ0v) is 10.6. The highest BCUT2D eigenvalue weighted by Crippen LogP contribution is 2.23. The van der Waals surface area contributed by atoms with Gasteiger partial charge in [-0.25, -0.2) is 0 Å². The number of benzene rings is 1. The van der Waals surface area contributed by atoms with Crippen molar-refractivity contribution >= 4 is 11.3 Å². The molecule has 0 aliphatic rings. The molecular formula is C10H13F3NO3S-. The molecule has 0 fully saturated rings. The van der Waals surface area contributed by atoms with Crippen LogP contribution in [0.15, 0.2) is 18.2 Å². The number of rotatable bonds is 2. The molecule has 0 heterocycles. The minimum absolute atomic E-state index is 0.294. The first-order valence-corrected chi connectivity index (χ1v) is 5.86. The van der Waals surface area contributed by atoms with Crippen molar-refractivity contribution in [2.45, 2.75) is 20.0 Å². The lowest BCUT2D eigenvalue weighted by Gasteiger charge is -2.12. The van der Waals surface area contributed by atoms with Crippen molar-refractivity contribution in [1.82, 2.24) is 0 Å². The van der Waals surface area contributed by atoms with E-state index in [4.69, 9.17) is 8.76 Å². The lowest BCUT2D eigenvalue weighted by atomic mass is 10.1. The molecule has 0 spiro atoms. The van der Waals surface area contributed by atoms with E-state index in [1.54, 1.807) is 13.0 Å². The summed E-state index contributed by atoms with van der Waals surface area (Å²) in [5, 5.41) is 4.03.